The summed E-state index contributed by atoms with van der Waals surface area (Å²) in [6, 6.07) is 8.82. The van der Waals surface area contributed by atoms with Crippen molar-refractivity contribution in [3.8, 4) is 5.75 Å². The summed E-state index contributed by atoms with van der Waals surface area (Å²) in [4.78, 5) is 7.19. The molecule has 0 amide bonds. The van der Waals surface area contributed by atoms with Gasteiger partial charge in [0.1, 0.15) is 12.4 Å². The average molecular weight is 421 g/mol. The van der Waals surface area contributed by atoms with Crippen LogP contribution in [0.15, 0.2) is 29.3 Å². The molecule has 2 unspecified atom stereocenters. The second kappa shape index (κ2) is 12.3. The van der Waals surface area contributed by atoms with E-state index in [1.165, 1.54) is 24.8 Å². The number of nitrogens with zero attached hydrogens (tertiary/aromatic N) is 2. The van der Waals surface area contributed by atoms with E-state index in [1.807, 2.05) is 17.8 Å². The molecule has 1 saturated carbocycles. The minimum Gasteiger partial charge on any atom is -0.492 e. The first kappa shape index (κ1) is 22.2. The fourth-order valence-corrected chi connectivity index (χ4v) is 4.62. The first-order chi connectivity index (χ1) is 14.3. The predicted molar refractivity (Wildman–Crippen MR) is 122 cm³/mol. The number of thioether (sulfide) groups is 1. The molecule has 2 N–H and O–H groups in total. The maximum absolute atomic E-state index is 5.97. The van der Waals surface area contributed by atoms with Crippen LogP contribution in [0.3, 0.4) is 0 Å². The van der Waals surface area contributed by atoms with Gasteiger partial charge in [-0.25, -0.2) is 4.99 Å². The highest BCUT2D eigenvalue weighted by atomic mass is 32.2. The molecule has 0 spiro atoms. The van der Waals surface area contributed by atoms with Gasteiger partial charge in [-0.15, -0.1) is 0 Å². The van der Waals surface area contributed by atoms with Gasteiger partial charge in [0.2, 0.25) is 0 Å². The van der Waals surface area contributed by atoms with Crippen molar-refractivity contribution in [2.45, 2.75) is 44.0 Å². The summed E-state index contributed by atoms with van der Waals surface area (Å²) in [6.45, 7) is 8.92. The lowest BCUT2D eigenvalue weighted by atomic mass is 10.2. The van der Waals surface area contributed by atoms with E-state index < -0.39 is 0 Å². The van der Waals surface area contributed by atoms with Crippen molar-refractivity contribution in [3.63, 3.8) is 0 Å². The summed E-state index contributed by atoms with van der Waals surface area (Å²) < 4.78 is 11.4. The van der Waals surface area contributed by atoms with Gasteiger partial charge in [0.15, 0.2) is 5.96 Å². The number of hydrogen-bond acceptors (Lipinski definition) is 5. The summed E-state index contributed by atoms with van der Waals surface area (Å²) in [7, 11) is 0. The molecular weight excluding hydrogens is 384 g/mol. The van der Waals surface area contributed by atoms with Gasteiger partial charge in [0.05, 0.1) is 19.8 Å². The summed E-state index contributed by atoms with van der Waals surface area (Å²) >= 11 is 1.98. The lowest BCUT2D eigenvalue weighted by Crippen LogP contribution is -2.42. The van der Waals surface area contributed by atoms with Gasteiger partial charge in [-0.05, 0) is 50.1 Å². The van der Waals surface area contributed by atoms with Crippen LogP contribution in [0.5, 0.6) is 5.75 Å². The molecule has 1 aromatic rings. The van der Waals surface area contributed by atoms with Crippen LogP contribution in [0.25, 0.3) is 0 Å². The highest BCUT2D eigenvalue weighted by Crippen LogP contribution is 2.28. The van der Waals surface area contributed by atoms with Crippen LogP contribution in [-0.2, 0) is 11.3 Å². The molecule has 1 saturated heterocycles. The fourth-order valence-electron chi connectivity index (χ4n) is 3.82. The number of nitrogens with one attached hydrogen (secondary N) is 2. The van der Waals surface area contributed by atoms with Gasteiger partial charge >= 0.3 is 0 Å². The lowest BCUT2D eigenvalue weighted by molar-refractivity contribution is 0.0322. The van der Waals surface area contributed by atoms with Crippen LogP contribution < -0.4 is 15.4 Å². The lowest BCUT2D eigenvalue weighted by Gasteiger charge is -2.26. The van der Waals surface area contributed by atoms with Crippen LogP contribution in [0.2, 0.25) is 0 Å². The van der Waals surface area contributed by atoms with Crippen LogP contribution in [0.4, 0.5) is 0 Å². The monoisotopic (exact) mass is 420 g/mol. The quantitative estimate of drug-likeness (QED) is 0.473. The van der Waals surface area contributed by atoms with Crippen molar-refractivity contribution >= 4 is 17.7 Å². The van der Waals surface area contributed by atoms with E-state index in [1.54, 1.807) is 0 Å². The van der Waals surface area contributed by atoms with Crippen molar-refractivity contribution in [2.24, 2.45) is 4.99 Å². The highest BCUT2D eigenvalue weighted by molar-refractivity contribution is 7.99. The maximum atomic E-state index is 5.97. The SMILES string of the molecule is CCNC(=NCc1cccc(OCCN2CCOCC2)c1)NC1CCC(SC)C1. The minimum atomic E-state index is 0.528. The Morgan fingerprint density at radius 2 is 2.17 bits per heavy atom. The van der Waals surface area contributed by atoms with Gasteiger partial charge < -0.3 is 20.1 Å². The van der Waals surface area contributed by atoms with Crippen molar-refractivity contribution in [1.82, 2.24) is 15.5 Å². The Bertz CT molecular complexity index is 637. The van der Waals surface area contributed by atoms with E-state index >= 15 is 0 Å². The standard InChI is InChI=1S/C22H36N4O2S/c1-3-23-22(25-19-7-8-21(16-19)29-2)24-17-18-5-4-6-20(15-18)28-14-11-26-9-12-27-13-10-26/h4-6,15,19,21H,3,7-14,16-17H2,1-2H3,(H2,23,24,25). The van der Waals surface area contributed by atoms with Gasteiger partial charge in [-0.1, -0.05) is 12.1 Å². The molecule has 1 heterocycles. The zero-order valence-corrected chi connectivity index (χ0v) is 18.7. The number of benzene rings is 1. The molecule has 1 aliphatic heterocycles. The fraction of sp³-hybridized carbons (Fsp3) is 0.682. The van der Waals surface area contributed by atoms with Crippen molar-refractivity contribution in [1.29, 1.82) is 0 Å². The maximum Gasteiger partial charge on any atom is 0.191 e. The zero-order valence-electron chi connectivity index (χ0n) is 17.9. The molecular formula is C22H36N4O2S. The third-order valence-corrected chi connectivity index (χ3v) is 6.60. The molecule has 7 heteroatoms. The highest BCUT2D eigenvalue weighted by Gasteiger charge is 2.24. The van der Waals surface area contributed by atoms with E-state index in [0.29, 0.717) is 19.2 Å². The van der Waals surface area contributed by atoms with Crippen molar-refractivity contribution in [3.05, 3.63) is 29.8 Å². The van der Waals surface area contributed by atoms with Crippen LogP contribution >= 0.6 is 11.8 Å². The van der Waals surface area contributed by atoms with Crippen LogP contribution in [-0.4, -0.2) is 74.4 Å². The third-order valence-electron chi connectivity index (χ3n) is 5.50. The Labute approximate surface area is 179 Å². The van der Waals surface area contributed by atoms with E-state index in [-0.39, 0.29) is 0 Å². The Morgan fingerprint density at radius 3 is 2.93 bits per heavy atom. The molecule has 1 aliphatic carbocycles. The second-order valence-electron chi connectivity index (χ2n) is 7.66. The Balaban J connectivity index is 1.47. The van der Waals surface area contributed by atoms with E-state index in [2.05, 4.69) is 46.9 Å². The van der Waals surface area contributed by atoms with E-state index in [9.17, 15) is 0 Å². The normalized spacial score (nSPS) is 23.2. The van der Waals surface area contributed by atoms with Crippen molar-refractivity contribution < 1.29 is 9.47 Å². The Hall–Kier alpha value is -1.44. The smallest absolute Gasteiger partial charge is 0.191 e. The van der Waals surface area contributed by atoms with Gasteiger partial charge in [0.25, 0.3) is 0 Å². The summed E-state index contributed by atoms with van der Waals surface area (Å²) in [6.07, 6.45) is 5.95. The summed E-state index contributed by atoms with van der Waals surface area (Å²) in [5.74, 6) is 1.83. The van der Waals surface area contributed by atoms with Gasteiger partial charge in [0, 0.05) is 37.5 Å². The summed E-state index contributed by atoms with van der Waals surface area (Å²) in [5.41, 5.74) is 1.17. The number of hydrogen-bond donors (Lipinski definition) is 2. The number of ether oxygens (including phenoxy) is 2. The Kier molecular flexibility index (Phi) is 9.44. The molecule has 0 aromatic heterocycles. The van der Waals surface area contributed by atoms with Crippen molar-refractivity contribution in [2.75, 3.05) is 52.3 Å². The van der Waals surface area contributed by atoms with Crippen LogP contribution in [0.1, 0.15) is 31.7 Å². The minimum absolute atomic E-state index is 0.528. The molecule has 29 heavy (non-hydrogen) atoms. The molecule has 0 bridgehead atoms. The summed E-state index contributed by atoms with van der Waals surface area (Å²) in [5, 5.41) is 7.78. The number of rotatable bonds is 9. The number of aliphatic imine (C=N–C) groups is 1. The van der Waals surface area contributed by atoms with Crippen LogP contribution in [0, 0.1) is 0 Å². The largest absolute Gasteiger partial charge is 0.492 e. The topological polar surface area (TPSA) is 58.1 Å². The average Bonchev–Trinajstić information content (AvgIpc) is 3.21. The third kappa shape index (κ3) is 7.72. The predicted octanol–water partition coefficient (Wildman–Crippen LogP) is 2.74. The Morgan fingerprint density at radius 1 is 1.31 bits per heavy atom. The molecule has 2 aliphatic rings. The van der Waals surface area contributed by atoms with Gasteiger partial charge in [-0.2, -0.15) is 11.8 Å². The van der Waals surface area contributed by atoms with E-state index in [0.717, 1.165) is 56.4 Å². The molecule has 3 rings (SSSR count). The molecule has 2 fully saturated rings. The molecule has 0 radical (unpaired) electrons. The van der Waals surface area contributed by atoms with E-state index in [4.69, 9.17) is 14.5 Å². The zero-order chi connectivity index (χ0) is 20.3. The molecule has 2 atom stereocenters. The first-order valence-corrected chi connectivity index (χ1v) is 12.1. The first-order valence-electron chi connectivity index (χ1n) is 10.9. The second-order valence-corrected chi connectivity index (χ2v) is 8.80. The molecule has 162 valence electrons. The molecule has 6 nitrogen and oxygen atoms in total. The number of guanidine groups is 1. The van der Waals surface area contributed by atoms with Gasteiger partial charge in [-0.3, -0.25) is 4.90 Å². The number of morpholine rings is 1. The molecule has 1 aromatic carbocycles.